The molecule has 3 fully saturated rings. The minimum absolute atomic E-state index is 0.0837. The molecule has 21 heteroatoms. The lowest BCUT2D eigenvalue weighted by molar-refractivity contribution is -0.0246. The number of halogens is 2. The van der Waals surface area contributed by atoms with E-state index >= 15 is 8.78 Å². The van der Waals surface area contributed by atoms with Gasteiger partial charge >= 0.3 is 0 Å². The molecule has 3 aliphatic rings. The summed E-state index contributed by atoms with van der Waals surface area (Å²) in [6, 6.07) is 1.55. The third-order valence-corrected chi connectivity index (χ3v) is 11.0. The molecule has 7 rings (SSSR count). The number of alkyl halides is 2. The highest BCUT2D eigenvalue weighted by atomic mass is 31.2. The van der Waals surface area contributed by atoms with Crippen molar-refractivity contribution in [3.63, 3.8) is 0 Å². The summed E-state index contributed by atoms with van der Waals surface area (Å²) in [6.45, 7) is 0. The van der Waals surface area contributed by atoms with Crippen LogP contribution in [0.1, 0.15) is 25.3 Å². The molecule has 3 aliphatic heterocycles. The Bertz CT molecular complexity index is 1710. The zero-order valence-corrected chi connectivity index (χ0v) is 24.7. The first-order chi connectivity index (χ1) is 20.9. The Balaban J connectivity index is 1.17. The highest BCUT2D eigenvalue weighted by molar-refractivity contribution is 7.83. The van der Waals surface area contributed by atoms with Gasteiger partial charge in [0.15, 0.2) is 41.9 Å². The number of pyridine rings is 1. The number of anilines is 2. The number of fused-ring (bicyclic) bond motifs is 4. The van der Waals surface area contributed by atoms with E-state index in [1.807, 2.05) is 0 Å². The lowest BCUT2D eigenvalue weighted by Crippen LogP contribution is -2.35. The molecule has 0 bridgehead atoms. The van der Waals surface area contributed by atoms with E-state index in [1.165, 1.54) is 34.3 Å². The van der Waals surface area contributed by atoms with Gasteiger partial charge in [0.25, 0.3) is 0 Å². The number of nitrogen functional groups attached to an aromatic ring is 2. The minimum Gasteiger partial charge on any atom is -0.397 e. The van der Waals surface area contributed by atoms with Crippen LogP contribution in [0.25, 0.3) is 22.3 Å². The Kier molecular flexibility index (Phi) is 7.34. The molecule has 4 N–H and O–H groups in total. The van der Waals surface area contributed by atoms with Crippen LogP contribution in [0.3, 0.4) is 0 Å². The van der Waals surface area contributed by atoms with Gasteiger partial charge in [-0.05, 0) is 18.9 Å². The van der Waals surface area contributed by atoms with Gasteiger partial charge < -0.3 is 39.1 Å². The molecular weight excluding hydrogens is 620 g/mol. The van der Waals surface area contributed by atoms with Crippen LogP contribution in [0.5, 0.6) is 0 Å². The van der Waals surface area contributed by atoms with Crippen LogP contribution in [-0.4, -0.2) is 98.3 Å². The van der Waals surface area contributed by atoms with Crippen LogP contribution in [0.2, 0.25) is 0 Å². The van der Waals surface area contributed by atoms with Gasteiger partial charge in [-0.25, -0.2) is 33.7 Å². The fourth-order valence-corrected chi connectivity index (χ4v) is 8.65. The number of nitrogens with two attached hydrogens (primary N) is 2. The van der Waals surface area contributed by atoms with Crippen LogP contribution in [0.15, 0.2) is 31.2 Å². The SMILES string of the molecule is [B]P1(=O)CC[C@H]2O[C@@H](n3cnc4c(N)ncnc43)C(F)[C@H]2OP([B])(=O)CC[C@H]2O[C@@H](n3cnc4c(N)ccnc43)[C@@H](F)C2O1. The molecule has 44 heavy (non-hydrogen) atoms. The summed E-state index contributed by atoms with van der Waals surface area (Å²) in [5.41, 5.74) is 13.2. The van der Waals surface area contributed by atoms with Crippen molar-refractivity contribution >= 4 is 63.5 Å². The van der Waals surface area contributed by atoms with Gasteiger partial charge in [-0.3, -0.25) is 9.13 Å². The number of aromatic nitrogens is 7. The summed E-state index contributed by atoms with van der Waals surface area (Å²) in [4.78, 5) is 20.6. The molecule has 4 aromatic heterocycles. The second-order valence-corrected chi connectivity index (χ2v) is 15.2. The standard InChI is InChI=1S/C23H25B2F2N9O6P2/c24-43(37)6-3-12-18(14(27)23(40-12)36-9-34-16-19(29)31-7-32-21(16)36)42-44(25,38)5-2-11-17(41-43)13(26)22(39-11)35-8-33-15-10(28)1-4-30-20(15)35/h1,4,7-9,11-14,17-18,22-23H,2-3,5-6H2,(H2,28,30)(H2,29,31,32)/t11-,12-,13+,14?,17?,18+,22-,23-,43?,44?/m1/s1. The zero-order chi connectivity index (χ0) is 31.0. The van der Waals surface area contributed by atoms with Crippen molar-refractivity contribution in [2.75, 3.05) is 23.8 Å². The molecule has 15 nitrogen and oxygen atoms in total. The van der Waals surface area contributed by atoms with Gasteiger partial charge in [0.05, 0.1) is 30.5 Å². The average molecular weight is 645 g/mol. The van der Waals surface area contributed by atoms with Crippen molar-refractivity contribution in [2.45, 2.75) is 62.1 Å². The van der Waals surface area contributed by atoms with Gasteiger partial charge in [-0.15, -0.1) is 0 Å². The van der Waals surface area contributed by atoms with Crippen molar-refractivity contribution < 1.29 is 36.4 Å². The maximum absolute atomic E-state index is 16.0. The van der Waals surface area contributed by atoms with E-state index in [4.69, 9.17) is 45.1 Å². The fourth-order valence-electron chi connectivity index (χ4n) is 5.88. The first-order valence-electron chi connectivity index (χ1n) is 13.6. The number of nitrogens with zero attached hydrogens (tertiary/aromatic N) is 7. The number of rotatable bonds is 2. The molecule has 0 saturated carbocycles. The quantitative estimate of drug-likeness (QED) is 0.238. The highest BCUT2D eigenvalue weighted by Gasteiger charge is 2.53. The van der Waals surface area contributed by atoms with Crippen molar-refractivity contribution in [2.24, 2.45) is 0 Å². The molecule has 4 aromatic rings. The normalized spacial score (nSPS) is 38.2. The van der Waals surface area contributed by atoms with Crippen molar-refractivity contribution in [3.05, 3.63) is 31.2 Å². The molecule has 228 valence electrons. The molecule has 4 radical (unpaired) electrons. The number of hydrogen-bond acceptors (Lipinski definition) is 13. The summed E-state index contributed by atoms with van der Waals surface area (Å²) < 4.78 is 85.1. The molecule has 3 saturated heterocycles. The summed E-state index contributed by atoms with van der Waals surface area (Å²) in [6.07, 6.45) is -7.31. The molecule has 7 heterocycles. The van der Waals surface area contributed by atoms with Gasteiger partial charge in [-0.2, -0.15) is 0 Å². The second-order valence-electron chi connectivity index (χ2n) is 10.9. The van der Waals surface area contributed by atoms with E-state index in [9.17, 15) is 9.13 Å². The van der Waals surface area contributed by atoms with E-state index in [2.05, 4.69) is 24.9 Å². The van der Waals surface area contributed by atoms with E-state index in [0.717, 1.165) is 0 Å². The van der Waals surface area contributed by atoms with Gasteiger partial charge in [0.1, 0.15) is 44.1 Å². The van der Waals surface area contributed by atoms with E-state index in [0.29, 0.717) is 11.2 Å². The zero-order valence-electron chi connectivity index (χ0n) is 22.9. The molecule has 4 unspecified atom stereocenters. The molecular formula is C23H25B2F2N9O6P2. The van der Waals surface area contributed by atoms with Crippen LogP contribution in [0.4, 0.5) is 20.3 Å². The highest BCUT2D eigenvalue weighted by Crippen LogP contribution is 2.54. The Hall–Kier alpha value is -2.94. The van der Waals surface area contributed by atoms with Crippen LogP contribution < -0.4 is 11.5 Å². The molecule has 0 spiro atoms. The third kappa shape index (κ3) is 5.13. The van der Waals surface area contributed by atoms with Crippen LogP contribution in [-0.2, 0) is 27.7 Å². The van der Waals surface area contributed by atoms with Gasteiger partial charge in [0.2, 0.25) is 15.1 Å². The summed E-state index contributed by atoms with van der Waals surface area (Å²) in [5, 5.41) is 0. The number of hydrogen-bond donors (Lipinski definition) is 2. The maximum Gasteiger partial charge on any atom is 0.202 e. The molecule has 0 aromatic carbocycles. The van der Waals surface area contributed by atoms with Gasteiger partial charge in [-0.1, -0.05) is 0 Å². The first-order valence-corrected chi connectivity index (χ1v) is 17.4. The van der Waals surface area contributed by atoms with Crippen LogP contribution >= 0.6 is 14.5 Å². The topological polar surface area (TPSA) is 197 Å². The predicted octanol–water partition coefficient (Wildman–Crippen LogP) is 2.19. The summed E-state index contributed by atoms with van der Waals surface area (Å²) in [7, 11) is 4.12. The third-order valence-electron chi connectivity index (χ3n) is 8.01. The Morgan fingerprint density at radius 2 is 1.32 bits per heavy atom. The largest absolute Gasteiger partial charge is 0.397 e. The Labute approximate surface area is 251 Å². The monoisotopic (exact) mass is 645 g/mol. The predicted molar refractivity (Wildman–Crippen MR) is 155 cm³/mol. The maximum atomic E-state index is 16.0. The molecule has 10 atom stereocenters. The number of imidazole rings is 2. The van der Waals surface area contributed by atoms with E-state index in [-0.39, 0.29) is 47.8 Å². The summed E-state index contributed by atoms with van der Waals surface area (Å²) in [5.74, 6) is 0.0837. The van der Waals surface area contributed by atoms with Gasteiger partial charge in [0, 0.05) is 18.5 Å². The Morgan fingerprint density at radius 1 is 0.795 bits per heavy atom. The van der Waals surface area contributed by atoms with E-state index in [1.54, 1.807) is 6.07 Å². The first kappa shape index (κ1) is 29.8. The van der Waals surface area contributed by atoms with E-state index < -0.39 is 63.7 Å². The van der Waals surface area contributed by atoms with Crippen molar-refractivity contribution in [3.8, 4) is 0 Å². The smallest absolute Gasteiger partial charge is 0.202 e. The number of ether oxygens (including phenoxy) is 2. The lowest BCUT2D eigenvalue weighted by atomic mass is 10.1. The molecule has 0 aliphatic carbocycles. The fraction of sp³-hybridized carbons (Fsp3) is 0.522. The second kappa shape index (κ2) is 10.8. The minimum atomic E-state index is -4.03. The molecule has 0 amide bonds. The van der Waals surface area contributed by atoms with Crippen LogP contribution in [0, 0.1) is 0 Å². The summed E-state index contributed by atoms with van der Waals surface area (Å²) >= 11 is 0. The van der Waals surface area contributed by atoms with Crippen molar-refractivity contribution in [1.82, 2.24) is 34.1 Å². The average Bonchev–Trinajstić information content (AvgIpc) is 3.73. The Morgan fingerprint density at radius 3 is 1.89 bits per heavy atom. The lowest BCUT2D eigenvalue weighted by Gasteiger charge is -2.30. The van der Waals surface area contributed by atoms with Crippen molar-refractivity contribution in [1.29, 1.82) is 0 Å².